The summed E-state index contributed by atoms with van der Waals surface area (Å²) >= 11 is 0. The van der Waals surface area contributed by atoms with Gasteiger partial charge in [-0.3, -0.25) is 9.69 Å². The summed E-state index contributed by atoms with van der Waals surface area (Å²) in [6.45, 7) is 2.97. The second kappa shape index (κ2) is 13.1. The van der Waals surface area contributed by atoms with Crippen LogP contribution in [0, 0.1) is 5.92 Å². The SMILES string of the molecule is COC(=O)C[C@H]1C[C@H](c2ccc(OC)c(-c3ccc(N4CCC4)nc3CN3C(=O)O[C@H](c4cc(C(F)(F)F)cc(C(F)(F)F)c4)[C@@H]3C)c2)C1. The molecule has 14 heteroatoms. The molecule has 3 aliphatic rings. The summed E-state index contributed by atoms with van der Waals surface area (Å²) in [5, 5.41) is 0. The van der Waals surface area contributed by atoms with E-state index in [9.17, 15) is 35.9 Å². The van der Waals surface area contributed by atoms with Gasteiger partial charge in [-0.25, -0.2) is 9.78 Å². The normalized spacial score (nSPS) is 22.3. The Balaban J connectivity index is 1.33. The molecule has 1 saturated carbocycles. The van der Waals surface area contributed by atoms with Gasteiger partial charge in [-0.2, -0.15) is 26.3 Å². The summed E-state index contributed by atoms with van der Waals surface area (Å²) in [5.74, 6) is 1.40. The van der Waals surface area contributed by atoms with E-state index in [2.05, 4.69) is 4.90 Å². The number of rotatable bonds is 9. The van der Waals surface area contributed by atoms with Gasteiger partial charge in [0, 0.05) is 30.6 Å². The Morgan fingerprint density at radius 3 is 2.16 bits per heavy atom. The zero-order valence-electron chi connectivity index (χ0n) is 27.0. The van der Waals surface area contributed by atoms with Crippen molar-refractivity contribution in [3.05, 3.63) is 76.5 Å². The van der Waals surface area contributed by atoms with Crippen molar-refractivity contribution < 1.29 is 50.1 Å². The van der Waals surface area contributed by atoms with Crippen LogP contribution in [-0.2, 0) is 33.2 Å². The van der Waals surface area contributed by atoms with Crippen molar-refractivity contribution in [1.82, 2.24) is 9.88 Å². The molecular weight excluding hydrogens is 656 g/mol. The minimum absolute atomic E-state index is 0.0462. The fourth-order valence-corrected chi connectivity index (χ4v) is 6.72. The van der Waals surface area contributed by atoms with Crippen molar-refractivity contribution in [3.63, 3.8) is 0 Å². The van der Waals surface area contributed by atoms with E-state index in [1.807, 2.05) is 30.3 Å². The highest BCUT2D eigenvalue weighted by Gasteiger charge is 2.44. The summed E-state index contributed by atoms with van der Waals surface area (Å²) < 4.78 is 97.7. The Morgan fingerprint density at radius 1 is 0.918 bits per heavy atom. The Hall–Kier alpha value is -4.49. The largest absolute Gasteiger partial charge is 0.496 e. The van der Waals surface area contributed by atoms with E-state index < -0.39 is 47.3 Å². The first-order chi connectivity index (χ1) is 23.2. The van der Waals surface area contributed by atoms with Gasteiger partial charge in [-0.15, -0.1) is 0 Å². The van der Waals surface area contributed by atoms with Gasteiger partial charge in [0.05, 0.1) is 43.6 Å². The van der Waals surface area contributed by atoms with E-state index >= 15 is 0 Å². The van der Waals surface area contributed by atoms with E-state index in [0.29, 0.717) is 46.9 Å². The van der Waals surface area contributed by atoms with Crippen molar-refractivity contribution in [1.29, 1.82) is 0 Å². The van der Waals surface area contributed by atoms with Gasteiger partial charge in [-0.05, 0) is 91.6 Å². The monoisotopic (exact) mass is 691 g/mol. The molecule has 1 aliphatic carbocycles. The number of aromatic nitrogens is 1. The van der Waals surface area contributed by atoms with E-state index in [0.717, 1.165) is 37.9 Å². The third-order valence-electron chi connectivity index (χ3n) is 9.69. The number of cyclic esters (lactones) is 1. The van der Waals surface area contributed by atoms with E-state index in [1.165, 1.54) is 26.0 Å². The molecule has 2 saturated heterocycles. The number of nitrogens with zero attached hydrogens (tertiary/aromatic N) is 3. The van der Waals surface area contributed by atoms with Crippen LogP contribution in [0.1, 0.15) is 72.6 Å². The number of esters is 1. The first kappa shape index (κ1) is 34.4. The molecule has 3 aromatic rings. The molecule has 0 bridgehead atoms. The number of pyridine rings is 1. The maximum absolute atomic E-state index is 13.6. The molecule has 262 valence electrons. The van der Waals surface area contributed by atoms with Crippen LogP contribution >= 0.6 is 0 Å². The molecule has 2 aromatic carbocycles. The van der Waals surface area contributed by atoms with Crippen LogP contribution in [0.25, 0.3) is 11.1 Å². The molecule has 3 fully saturated rings. The number of amides is 1. The number of methoxy groups -OCH3 is 2. The number of benzene rings is 2. The molecule has 1 amide bonds. The number of hydrogen-bond donors (Lipinski definition) is 0. The van der Waals surface area contributed by atoms with Crippen molar-refractivity contribution in [2.45, 2.75) is 69.6 Å². The molecule has 1 aromatic heterocycles. The van der Waals surface area contributed by atoms with Crippen LogP contribution in [0.5, 0.6) is 5.75 Å². The predicted octanol–water partition coefficient (Wildman–Crippen LogP) is 8.14. The van der Waals surface area contributed by atoms with Gasteiger partial charge in [-0.1, -0.05) is 6.07 Å². The first-order valence-corrected chi connectivity index (χ1v) is 15.9. The number of ether oxygens (including phenoxy) is 3. The maximum atomic E-state index is 13.6. The number of alkyl halides is 6. The zero-order valence-corrected chi connectivity index (χ0v) is 27.0. The van der Waals surface area contributed by atoms with Crippen molar-refractivity contribution >= 4 is 17.9 Å². The summed E-state index contributed by atoms with van der Waals surface area (Å²) in [6.07, 6.45) is -9.43. The molecule has 0 N–H and O–H groups in total. The molecule has 8 nitrogen and oxygen atoms in total. The molecule has 0 radical (unpaired) electrons. The lowest BCUT2D eigenvalue weighted by Crippen LogP contribution is -2.38. The second-order valence-corrected chi connectivity index (χ2v) is 12.8. The molecule has 6 rings (SSSR count). The Morgan fingerprint density at radius 2 is 1.59 bits per heavy atom. The summed E-state index contributed by atoms with van der Waals surface area (Å²) in [7, 11) is 2.90. The van der Waals surface area contributed by atoms with Crippen LogP contribution < -0.4 is 9.64 Å². The molecule has 0 unspecified atom stereocenters. The van der Waals surface area contributed by atoms with Crippen LogP contribution in [0.15, 0.2) is 48.5 Å². The van der Waals surface area contributed by atoms with Gasteiger partial charge < -0.3 is 19.1 Å². The molecule has 2 atom stereocenters. The van der Waals surface area contributed by atoms with Gasteiger partial charge in [0.25, 0.3) is 0 Å². The fraction of sp³-hybridized carbons (Fsp3) is 0.457. The fourth-order valence-electron chi connectivity index (χ4n) is 6.72. The summed E-state index contributed by atoms with van der Waals surface area (Å²) in [6, 6.07) is 9.86. The zero-order chi connectivity index (χ0) is 35.2. The highest BCUT2D eigenvalue weighted by Crippen LogP contribution is 2.46. The minimum atomic E-state index is -5.05. The lowest BCUT2D eigenvalue weighted by molar-refractivity contribution is -0.144. The number of halogens is 6. The standard InChI is InChI=1S/C35H35F6N3O5/c1-19-32(23-14-24(34(36,37)38)17-25(15-23)35(39,40)41)49-33(46)44(19)18-28-26(6-8-30(42-28)43-9-4-10-43)27-16-21(5-7-29(27)47-2)22-11-20(12-22)13-31(45)48-3/h5-8,14-17,19-20,22,32H,4,9-13,18H2,1-3H3/t19-,20-,22-,32-/m0/s1. The average Bonchev–Trinajstić information content (AvgIpc) is 3.29. The second-order valence-electron chi connectivity index (χ2n) is 12.8. The van der Waals surface area contributed by atoms with Gasteiger partial charge in [0.2, 0.25) is 0 Å². The number of hydrogen-bond acceptors (Lipinski definition) is 7. The van der Waals surface area contributed by atoms with Crippen LogP contribution in [0.3, 0.4) is 0 Å². The van der Waals surface area contributed by atoms with Crippen LogP contribution in [0.2, 0.25) is 0 Å². The number of carbonyl (C=O) groups is 2. The smallest absolute Gasteiger partial charge is 0.416 e. The quantitative estimate of drug-likeness (QED) is 0.166. The molecule has 49 heavy (non-hydrogen) atoms. The summed E-state index contributed by atoms with van der Waals surface area (Å²) in [4.78, 5) is 33.3. The van der Waals surface area contributed by atoms with Crippen LogP contribution in [0.4, 0.5) is 37.0 Å². The number of carbonyl (C=O) groups excluding carboxylic acids is 2. The Bertz CT molecular complexity index is 1700. The molecular formula is C35H35F6N3O5. The van der Waals surface area contributed by atoms with Gasteiger partial charge in [0.1, 0.15) is 17.7 Å². The first-order valence-electron chi connectivity index (χ1n) is 15.9. The summed E-state index contributed by atoms with van der Waals surface area (Å²) in [5.41, 5.74) is -0.530. The topological polar surface area (TPSA) is 81.2 Å². The van der Waals surface area contributed by atoms with Crippen LogP contribution in [-0.4, -0.2) is 55.3 Å². The maximum Gasteiger partial charge on any atom is 0.416 e. The third kappa shape index (κ3) is 7.00. The Kier molecular flexibility index (Phi) is 9.18. The lowest BCUT2D eigenvalue weighted by Gasteiger charge is -2.35. The van der Waals surface area contributed by atoms with Crippen molar-refractivity contribution in [2.75, 3.05) is 32.2 Å². The van der Waals surface area contributed by atoms with Gasteiger partial charge >= 0.3 is 24.4 Å². The molecule has 3 heterocycles. The van der Waals surface area contributed by atoms with E-state index in [-0.39, 0.29) is 30.4 Å². The van der Waals surface area contributed by atoms with E-state index in [4.69, 9.17) is 19.2 Å². The third-order valence-corrected chi connectivity index (χ3v) is 9.69. The van der Waals surface area contributed by atoms with Gasteiger partial charge in [0.15, 0.2) is 0 Å². The lowest BCUT2D eigenvalue weighted by atomic mass is 9.70. The molecule has 0 spiro atoms. The van der Waals surface area contributed by atoms with Crippen molar-refractivity contribution in [3.8, 4) is 16.9 Å². The highest BCUT2D eigenvalue weighted by atomic mass is 19.4. The number of anilines is 1. The van der Waals surface area contributed by atoms with Crippen molar-refractivity contribution in [2.24, 2.45) is 5.92 Å². The van der Waals surface area contributed by atoms with E-state index in [1.54, 1.807) is 0 Å². The molecule has 2 aliphatic heterocycles. The highest BCUT2D eigenvalue weighted by molar-refractivity contribution is 5.76. The predicted molar refractivity (Wildman–Crippen MR) is 166 cm³/mol. The Labute approximate surface area is 278 Å². The minimum Gasteiger partial charge on any atom is -0.496 e. The average molecular weight is 692 g/mol.